The first-order valence-corrected chi connectivity index (χ1v) is 6.77. The Hall–Kier alpha value is -0.840. The first kappa shape index (κ1) is 13.6. The molecule has 2 rings (SSSR count). The van der Waals surface area contributed by atoms with Crippen LogP contribution in [0.25, 0.3) is 0 Å². The predicted molar refractivity (Wildman–Crippen MR) is 75.8 cm³/mol. The van der Waals surface area contributed by atoms with Crippen molar-refractivity contribution in [3.8, 4) is 0 Å². The maximum absolute atomic E-state index is 10.3. The molecule has 0 fully saturated rings. The van der Waals surface area contributed by atoms with Crippen LogP contribution in [0.2, 0.25) is 5.02 Å². The van der Waals surface area contributed by atoms with Crippen LogP contribution in [0.3, 0.4) is 0 Å². The van der Waals surface area contributed by atoms with Gasteiger partial charge in [0.1, 0.15) is 0 Å². The number of nitrogens with zero attached hydrogens (tertiary/aromatic N) is 2. The van der Waals surface area contributed by atoms with E-state index in [2.05, 4.69) is 21.0 Å². The van der Waals surface area contributed by atoms with Crippen molar-refractivity contribution >= 4 is 27.5 Å². The highest BCUT2D eigenvalue weighted by molar-refractivity contribution is 9.10. The molecule has 1 atom stereocenters. The summed E-state index contributed by atoms with van der Waals surface area (Å²) in [5, 5.41) is 15.1. The Kier molecular flexibility index (Phi) is 4.10. The SMILES string of the molecule is Cc1cc(CC(O)c2cc(Br)ccc2Cl)n(C)n1. The fourth-order valence-corrected chi connectivity index (χ4v) is 2.56. The number of hydrogen-bond acceptors (Lipinski definition) is 2. The molecule has 0 aliphatic rings. The summed E-state index contributed by atoms with van der Waals surface area (Å²) < 4.78 is 2.69. The lowest BCUT2D eigenvalue weighted by Crippen LogP contribution is -2.07. The van der Waals surface area contributed by atoms with Crippen molar-refractivity contribution in [2.75, 3.05) is 0 Å². The van der Waals surface area contributed by atoms with Gasteiger partial charge >= 0.3 is 0 Å². The smallest absolute Gasteiger partial charge is 0.0860 e. The van der Waals surface area contributed by atoms with Crippen molar-refractivity contribution < 1.29 is 5.11 Å². The highest BCUT2D eigenvalue weighted by atomic mass is 79.9. The van der Waals surface area contributed by atoms with E-state index in [1.165, 1.54) is 0 Å². The molecule has 5 heteroatoms. The molecule has 18 heavy (non-hydrogen) atoms. The quantitative estimate of drug-likeness (QED) is 0.937. The highest BCUT2D eigenvalue weighted by Gasteiger charge is 2.15. The second-order valence-electron chi connectivity index (χ2n) is 4.29. The molecule has 2 aromatic rings. The Morgan fingerprint density at radius 2 is 2.17 bits per heavy atom. The topological polar surface area (TPSA) is 38.0 Å². The fraction of sp³-hybridized carbons (Fsp3) is 0.308. The molecular weight excluding hydrogens is 316 g/mol. The zero-order chi connectivity index (χ0) is 13.3. The minimum absolute atomic E-state index is 0.494. The second-order valence-corrected chi connectivity index (χ2v) is 5.61. The third kappa shape index (κ3) is 2.94. The summed E-state index contributed by atoms with van der Waals surface area (Å²) in [5.41, 5.74) is 2.65. The van der Waals surface area contributed by atoms with Gasteiger partial charge in [0.05, 0.1) is 11.8 Å². The van der Waals surface area contributed by atoms with Crippen LogP contribution < -0.4 is 0 Å². The maximum Gasteiger partial charge on any atom is 0.0860 e. The van der Waals surface area contributed by atoms with Gasteiger partial charge in [0, 0.05) is 34.2 Å². The molecule has 1 unspecified atom stereocenters. The minimum Gasteiger partial charge on any atom is -0.388 e. The van der Waals surface area contributed by atoms with Crippen LogP contribution in [0, 0.1) is 6.92 Å². The number of hydrogen-bond donors (Lipinski definition) is 1. The summed E-state index contributed by atoms with van der Waals surface area (Å²) in [6.45, 7) is 1.93. The number of aromatic nitrogens is 2. The lowest BCUT2D eigenvalue weighted by molar-refractivity contribution is 0.176. The summed E-state index contributed by atoms with van der Waals surface area (Å²) in [5.74, 6) is 0. The van der Waals surface area contributed by atoms with Crippen LogP contribution in [-0.2, 0) is 13.5 Å². The summed E-state index contributed by atoms with van der Waals surface area (Å²) in [7, 11) is 1.87. The Bertz CT molecular complexity index is 568. The number of aryl methyl sites for hydroxylation is 2. The van der Waals surface area contributed by atoms with Gasteiger partial charge < -0.3 is 5.11 Å². The van der Waals surface area contributed by atoms with E-state index in [0.29, 0.717) is 11.4 Å². The van der Waals surface area contributed by atoms with Crippen LogP contribution in [0.4, 0.5) is 0 Å². The Labute approximate surface area is 120 Å². The van der Waals surface area contributed by atoms with Gasteiger partial charge in [0.15, 0.2) is 0 Å². The van der Waals surface area contributed by atoms with Gasteiger partial charge in [-0.15, -0.1) is 0 Å². The lowest BCUT2D eigenvalue weighted by Gasteiger charge is -2.13. The molecule has 1 aromatic carbocycles. The van der Waals surface area contributed by atoms with Gasteiger partial charge in [-0.05, 0) is 31.2 Å². The third-order valence-electron chi connectivity index (χ3n) is 2.82. The van der Waals surface area contributed by atoms with Gasteiger partial charge in [-0.1, -0.05) is 27.5 Å². The van der Waals surface area contributed by atoms with E-state index in [9.17, 15) is 5.11 Å². The monoisotopic (exact) mass is 328 g/mol. The number of aliphatic hydroxyl groups excluding tert-OH is 1. The van der Waals surface area contributed by atoms with Gasteiger partial charge in [0.2, 0.25) is 0 Å². The van der Waals surface area contributed by atoms with Gasteiger partial charge in [-0.25, -0.2) is 0 Å². The van der Waals surface area contributed by atoms with E-state index >= 15 is 0 Å². The highest BCUT2D eigenvalue weighted by Crippen LogP contribution is 2.28. The third-order valence-corrected chi connectivity index (χ3v) is 3.66. The number of aliphatic hydroxyl groups is 1. The van der Waals surface area contributed by atoms with Crippen molar-refractivity contribution in [1.29, 1.82) is 0 Å². The van der Waals surface area contributed by atoms with E-state index < -0.39 is 6.10 Å². The van der Waals surface area contributed by atoms with Crippen molar-refractivity contribution in [1.82, 2.24) is 9.78 Å². The fourth-order valence-electron chi connectivity index (χ4n) is 1.93. The maximum atomic E-state index is 10.3. The molecular formula is C13H14BrClN2O. The Balaban J connectivity index is 2.24. The van der Waals surface area contributed by atoms with Crippen LogP contribution in [-0.4, -0.2) is 14.9 Å². The standard InChI is InChI=1S/C13H14BrClN2O/c1-8-5-10(17(2)16-8)7-13(18)11-6-9(14)3-4-12(11)15/h3-6,13,18H,7H2,1-2H3. The minimum atomic E-state index is -0.634. The van der Waals surface area contributed by atoms with E-state index in [1.807, 2.05) is 32.2 Å². The summed E-state index contributed by atoms with van der Waals surface area (Å²) >= 11 is 9.48. The largest absolute Gasteiger partial charge is 0.388 e. The van der Waals surface area contributed by atoms with E-state index in [4.69, 9.17) is 11.6 Å². The zero-order valence-electron chi connectivity index (χ0n) is 10.2. The molecule has 1 heterocycles. The molecule has 1 aromatic heterocycles. The van der Waals surface area contributed by atoms with Crippen molar-refractivity contribution in [2.45, 2.75) is 19.4 Å². The lowest BCUT2D eigenvalue weighted by atomic mass is 10.0. The molecule has 0 saturated heterocycles. The molecule has 3 nitrogen and oxygen atoms in total. The van der Waals surface area contributed by atoms with Gasteiger partial charge in [-0.2, -0.15) is 5.10 Å². The zero-order valence-corrected chi connectivity index (χ0v) is 12.5. The van der Waals surface area contributed by atoms with Gasteiger partial charge in [-0.3, -0.25) is 4.68 Å². The summed E-state index contributed by atoms with van der Waals surface area (Å²) in [6, 6.07) is 7.44. The van der Waals surface area contributed by atoms with Crippen LogP contribution in [0.1, 0.15) is 23.1 Å². The molecule has 96 valence electrons. The average Bonchev–Trinajstić information content (AvgIpc) is 2.61. The number of rotatable bonds is 3. The molecule has 0 spiro atoms. The Morgan fingerprint density at radius 1 is 1.44 bits per heavy atom. The molecule has 0 radical (unpaired) electrons. The molecule has 1 N–H and O–H groups in total. The molecule has 0 amide bonds. The molecule has 0 bridgehead atoms. The van der Waals surface area contributed by atoms with E-state index in [0.717, 1.165) is 21.4 Å². The van der Waals surface area contributed by atoms with Crippen LogP contribution in [0.15, 0.2) is 28.7 Å². The van der Waals surface area contributed by atoms with Crippen molar-refractivity contribution in [2.24, 2.45) is 7.05 Å². The molecule has 0 aliphatic carbocycles. The first-order chi connectivity index (χ1) is 8.47. The predicted octanol–water partition coefficient (Wildman–Crippen LogP) is 3.42. The Morgan fingerprint density at radius 3 is 2.78 bits per heavy atom. The van der Waals surface area contributed by atoms with Crippen molar-refractivity contribution in [3.05, 3.63) is 50.7 Å². The van der Waals surface area contributed by atoms with E-state index in [-0.39, 0.29) is 0 Å². The molecule has 0 aliphatic heterocycles. The second kappa shape index (κ2) is 5.43. The summed E-state index contributed by atoms with van der Waals surface area (Å²) in [6.07, 6.45) is -0.141. The van der Waals surface area contributed by atoms with Crippen LogP contribution in [0.5, 0.6) is 0 Å². The average molecular weight is 330 g/mol. The van der Waals surface area contributed by atoms with E-state index in [1.54, 1.807) is 10.7 Å². The normalized spacial score (nSPS) is 12.7. The number of benzene rings is 1. The van der Waals surface area contributed by atoms with Crippen molar-refractivity contribution in [3.63, 3.8) is 0 Å². The first-order valence-electron chi connectivity index (χ1n) is 5.60. The molecule has 0 saturated carbocycles. The number of halogens is 2. The summed E-state index contributed by atoms with van der Waals surface area (Å²) in [4.78, 5) is 0. The van der Waals surface area contributed by atoms with Crippen LogP contribution >= 0.6 is 27.5 Å². The van der Waals surface area contributed by atoms with Gasteiger partial charge in [0.25, 0.3) is 0 Å².